The summed E-state index contributed by atoms with van der Waals surface area (Å²) < 4.78 is 21.8. The van der Waals surface area contributed by atoms with Gasteiger partial charge >= 0.3 is 0 Å². The molecule has 0 saturated heterocycles. The fourth-order valence-corrected chi connectivity index (χ4v) is 2.42. The van der Waals surface area contributed by atoms with Crippen LogP contribution in [0.5, 0.6) is 0 Å². The molecular weight excluding hydrogens is 234 g/mol. The zero-order valence-corrected chi connectivity index (χ0v) is 9.98. The average molecular weight is 247 g/mol. The number of rotatable bonds is 5. The zero-order valence-electron chi connectivity index (χ0n) is 8.34. The van der Waals surface area contributed by atoms with Crippen LogP contribution in [0.25, 0.3) is 0 Å². The molecule has 6 heteroatoms. The molecule has 1 unspecified atom stereocenters. The summed E-state index contributed by atoms with van der Waals surface area (Å²) in [5, 5.41) is 3.50. The van der Waals surface area contributed by atoms with Crippen molar-refractivity contribution in [3.63, 3.8) is 0 Å². The molecule has 0 saturated carbocycles. The minimum absolute atomic E-state index is 0.0515. The number of nitrogens with two attached hydrogens (primary N) is 1. The Bertz CT molecular complexity index is 422. The van der Waals surface area contributed by atoms with E-state index in [1.54, 1.807) is 16.8 Å². The number of carbonyl (C=O) groups is 1. The van der Waals surface area contributed by atoms with E-state index in [9.17, 15) is 13.2 Å². The monoisotopic (exact) mass is 247 g/mol. The fourth-order valence-electron chi connectivity index (χ4n) is 1.09. The molecule has 1 rings (SSSR count). The lowest BCUT2D eigenvalue weighted by molar-refractivity contribution is 0.0960. The van der Waals surface area contributed by atoms with Gasteiger partial charge in [-0.25, -0.2) is 8.42 Å². The van der Waals surface area contributed by atoms with E-state index >= 15 is 0 Å². The molecule has 1 aromatic heterocycles. The van der Waals surface area contributed by atoms with Crippen molar-refractivity contribution in [2.24, 2.45) is 5.73 Å². The van der Waals surface area contributed by atoms with E-state index in [1.165, 1.54) is 11.3 Å². The topological polar surface area (TPSA) is 77.2 Å². The van der Waals surface area contributed by atoms with E-state index in [-0.39, 0.29) is 18.0 Å². The molecule has 1 heterocycles. The number of carbonyl (C=O) groups excluding carboxylic acids is 1. The normalized spacial score (nSPS) is 13.7. The quantitative estimate of drug-likeness (QED) is 0.777. The van der Waals surface area contributed by atoms with Crippen molar-refractivity contribution in [2.75, 3.05) is 12.0 Å². The average Bonchev–Trinajstić information content (AvgIpc) is 2.64. The van der Waals surface area contributed by atoms with Gasteiger partial charge in [0.15, 0.2) is 5.78 Å². The predicted octanol–water partition coefficient (Wildman–Crippen LogP) is 0.693. The maximum atomic E-state index is 11.6. The Kier molecular flexibility index (Phi) is 4.01. The summed E-state index contributed by atoms with van der Waals surface area (Å²) in [7, 11) is -3.05. The Morgan fingerprint density at radius 2 is 2.27 bits per heavy atom. The van der Waals surface area contributed by atoms with Crippen molar-refractivity contribution in [2.45, 2.75) is 12.5 Å². The first-order valence-electron chi connectivity index (χ1n) is 4.40. The largest absolute Gasteiger partial charge is 0.321 e. The van der Waals surface area contributed by atoms with Crippen LogP contribution in [0.15, 0.2) is 16.8 Å². The molecule has 84 valence electrons. The summed E-state index contributed by atoms with van der Waals surface area (Å²) in [4.78, 5) is 11.6. The number of thiophene rings is 1. The van der Waals surface area contributed by atoms with E-state index in [0.29, 0.717) is 5.56 Å². The van der Waals surface area contributed by atoms with E-state index in [0.717, 1.165) is 6.26 Å². The SMILES string of the molecule is CS(=O)(=O)CCC(N)C(=O)c1ccsc1. The van der Waals surface area contributed by atoms with Gasteiger partial charge in [0.25, 0.3) is 0 Å². The Balaban J connectivity index is 2.55. The molecule has 0 aliphatic rings. The number of sulfone groups is 1. The summed E-state index contributed by atoms with van der Waals surface area (Å²) in [6.07, 6.45) is 1.31. The van der Waals surface area contributed by atoms with Crippen molar-refractivity contribution in [3.8, 4) is 0 Å². The molecule has 0 aliphatic heterocycles. The third kappa shape index (κ3) is 4.11. The van der Waals surface area contributed by atoms with E-state index < -0.39 is 15.9 Å². The van der Waals surface area contributed by atoms with Crippen molar-refractivity contribution < 1.29 is 13.2 Å². The molecule has 0 radical (unpaired) electrons. The lowest BCUT2D eigenvalue weighted by Crippen LogP contribution is -2.32. The molecule has 1 atom stereocenters. The molecule has 0 spiro atoms. The molecule has 4 nitrogen and oxygen atoms in total. The first-order valence-corrected chi connectivity index (χ1v) is 7.40. The smallest absolute Gasteiger partial charge is 0.180 e. The van der Waals surface area contributed by atoms with Crippen LogP contribution in [-0.4, -0.2) is 32.3 Å². The second kappa shape index (κ2) is 4.87. The summed E-state index contributed by atoms with van der Waals surface area (Å²) in [6.45, 7) is 0. The van der Waals surface area contributed by atoms with Gasteiger partial charge in [0.05, 0.1) is 11.8 Å². The molecule has 2 N–H and O–H groups in total. The summed E-state index contributed by atoms with van der Waals surface area (Å²) >= 11 is 1.41. The van der Waals surface area contributed by atoms with Crippen molar-refractivity contribution in [3.05, 3.63) is 22.4 Å². The second-order valence-corrected chi connectivity index (χ2v) is 6.44. The maximum Gasteiger partial charge on any atom is 0.180 e. The fraction of sp³-hybridized carbons (Fsp3) is 0.444. The number of Topliss-reactive ketones (excluding diaryl/α,β-unsaturated/α-hetero) is 1. The molecule has 0 fully saturated rings. The number of hydrogen-bond donors (Lipinski definition) is 1. The van der Waals surface area contributed by atoms with Gasteiger partial charge in [0, 0.05) is 17.2 Å². The highest BCUT2D eigenvalue weighted by molar-refractivity contribution is 7.90. The van der Waals surface area contributed by atoms with Crippen LogP contribution in [-0.2, 0) is 9.84 Å². The van der Waals surface area contributed by atoms with Crippen LogP contribution in [0.2, 0.25) is 0 Å². The van der Waals surface area contributed by atoms with E-state index in [1.807, 2.05) is 0 Å². The second-order valence-electron chi connectivity index (χ2n) is 3.40. The van der Waals surface area contributed by atoms with Crippen LogP contribution >= 0.6 is 11.3 Å². The predicted molar refractivity (Wildman–Crippen MR) is 61.0 cm³/mol. The van der Waals surface area contributed by atoms with Crippen LogP contribution in [0.1, 0.15) is 16.8 Å². The summed E-state index contributed by atoms with van der Waals surface area (Å²) in [5.41, 5.74) is 6.16. The lowest BCUT2D eigenvalue weighted by atomic mass is 10.1. The first kappa shape index (κ1) is 12.4. The number of hydrogen-bond acceptors (Lipinski definition) is 5. The van der Waals surface area contributed by atoms with E-state index in [2.05, 4.69) is 0 Å². The Morgan fingerprint density at radius 1 is 1.60 bits per heavy atom. The van der Waals surface area contributed by atoms with Gasteiger partial charge in [-0.15, -0.1) is 0 Å². The molecule has 0 amide bonds. The highest BCUT2D eigenvalue weighted by Crippen LogP contribution is 2.09. The van der Waals surface area contributed by atoms with Crippen molar-refractivity contribution in [1.82, 2.24) is 0 Å². The van der Waals surface area contributed by atoms with Gasteiger partial charge in [-0.3, -0.25) is 4.79 Å². The molecule has 15 heavy (non-hydrogen) atoms. The van der Waals surface area contributed by atoms with Crippen molar-refractivity contribution in [1.29, 1.82) is 0 Å². The Hall–Kier alpha value is -0.720. The lowest BCUT2D eigenvalue weighted by Gasteiger charge is -2.08. The molecule has 1 aromatic rings. The third-order valence-corrected chi connectivity index (χ3v) is 3.60. The molecule has 0 aromatic carbocycles. The number of ketones is 1. The third-order valence-electron chi connectivity index (χ3n) is 1.94. The minimum atomic E-state index is -3.05. The highest BCUT2D eigenvalue weighted by Gasteiger charge is 2.17. The van der Waals surface area contributed by atoms with E-state index in [4.69, 9.17) is 5.73 Å². The standard InChI is InChI=1S/C9H13NO3S2/c1-15(12,13)5-3-8(10)9(11)7-2-4-14-6-7/h2,4,6,8H,3,5,10H2,1H3. The minimum Gasteiger partial charge on any atom is -0.321 e. The van der Waals surface area contributed by atoms with Gasteiger partial charge in [-0.2, -0.15) is 11.3 Å². The van der Waals surface area contributed by atoms with Gasteiger partial charge in [0.2, 0.25) is 0 Å². The zero-order chi connectivity index (χ0) is 11.5. The Labute approximate surface area is 93.0 Å². The van der Waals surface area contributed by atoms with Crippen molar-refractivity contribution >= 4 is 27.0 Å². The van der Waals surface area contributed by atoms with Crippen LogP contribution in [0.4, 0.5) is 0 Å². The van der Waals surface area contributed by atoms with Crippen LogP contribution < -0.4 is 5.73 Å². The van der Waals surface area contributed by atoms with Gasteiger partial charge in [-0.05, 0) is 17.9 Å². The van der Waals surface area contributed by atoms with Crippen LogP contribution in [0, 0.1) is 0 Å². The summed E-state index contributed by atoms with van der Waals surface area (Å²) in [6, 6.07) is 0.960. The Morgan fingerprint density at radius 3 is 2.73 bits per heavy atom. The molecule has 0 bridgehead atoms. The van der Waals surface area contributed by atoms with Gasteiger partial charge in [-0.1, -0.05) is 0 Å². The van der Waals surface area contributed by atoms with Gasteiger partial charge < -0.3 is 5.73 Å². The molecular formula is C9H13NO3S2. The van der Waals surface area contributed by atoms with Gasteiger partial charge in [0.1, 0.15) is 9.84 Å². The molecule has 0 aliphatic carbocycles. The first-order chi connectivity index (χ1) is 6.90. The van der Waals surface area contributed by atoms with Crippen LogP contribution in [0.3, 0.4) is 0 Å². The summed E-state index contributed by atoms with van der Waals surface area (Å²) in [5.74, 6) is -0.246. The highest BCUT2D eigenvalue weighted by atomic mass is 32.2. The maximum absolute atomic E-state index is 11.6.